The minimum absolute atomic E-state index is 0. The van der Waals surface area contributed by atoms with Gasteiger partial charge in [-0.1, -0.05) is 0 Å². The summed E-state index contributed by atoms with van der Waals surface area (Å²) in [6.07, 6.45) is 2.79. The van der Waals surface area contributed by atoms with Crippen molar-refractivity contribution in [1.29, 1.82) is 0 Å². The summed E-state index contributed by atoms with van der Waals surface area (Å²) < 4.78 is 4.94. The lowest BCUT2D eigenvalue weighted by Crippen LogP contribution is -2.24. The van der Waals surface area contributed by atoms with Crippen LogP contribution in [0.4, 0.5) is 0 Å². The van der Waals surface area contributed by atoms with Crippen LogP contribution in [0.3, 0.4) is 0 Å². The Morgan fingerprint density at radius 2 is 2.38 bits per heavy atom. The van der Waals surface area contributed by atoms with Crippen LogP contribution in [-0.4, -0.2) is 23.6 Å². The summed E-state index contributed by atoms with van der Waals surface area (Å²) >= 11 is 0. The summed E-state index contributed by atoms with van der Waals surface area (Å²) in [5.74, 6) is 0. The van der Waals surface area contributed by atoms with Gasteiger partial charge >= 0.3 is 6.01 Å². The van der Waals surface area contributed by atoms with E-state index in [0.29, 0.717) is 6.01 Å². The van der Waals surface area contributed by atoms with E-state index in [4.69, 9.17) is 4.74 Å². The second-order valence-corrected chi connectivity index (χ2v) is 2.76. The Bertz CT molecular complexity index is 293. The molecular weight excluding hydrogens is 190 g/mol. The van der Waals surface area contributed by atoms with E-state index >= 15 is 0 Å². The summed E-state index contributed by atoms with van der Waals surface area (Å²) in [7, 11) is 1.59. The molecule has 4 nitrogen and oxygen atoms in total. The van der Waals surface area contributed by atoms with E-state index < -0.39 is 0 Å². The molecule has 1 N–H and O–H groups in total. The number of ether oxygens (including phenoxy) is 1. The zero-order chi connectivity index (χ0) is 8.39. The topological polar surface area (TPSA) is 47.0 Å². The highest BCUT2D eigenvalue weighted by atomic mass is 35.5. The first kappa shape index (κ1) is 10.2. The lowest BCUT2D eigenvalue weighted by Gasteiger charge is -2.15. The van der Waals surface area contributed by atoms with Gasteiger partial charge in [-0.15, -0.1) is 12.4 Å². The fourth-order valence-corrected chi connectivity index (χ4v) is 1.32. The van der Waals surface area contributed by atoms with Gasteiger partial charge in [0.1, 0.15) is 0 Å². The molecule has 5 heteroatoms. The number of rotatable bonds is 1. The molecule has 72 valence electrons. The molecule has 0 amide bonds. The maximum atomic E-state index is 4.94. The van der Waals surface area contributed by atoms with Crippen LogP contribution in [0.5, 0.6) is 6.01 Å². The number of hydrogen-bond donors (Lipinski definition) is 1. The molecule has 0 aromatic carbocycles. The van der Waals surface area contributed by atoms with Crippen LogP contribution in [0, 0.1) is 0 Å². The van der Waals surface area contributed by atoms with Gasteiger partial charge in [0.05, 0.1) is 12.8 Å². The second kappa shape index (κ2) is 4.39. The molecule has 0 saturated carbocycles. The van der Waals surface area contributed by atoms with Gasteiger partial charge in [0, 0.05) is 31.3 Å². The summed E-state index contributed by atoms with van der Waals surface area (Å²) in [6, 6.07) is 0.468. The number of fused-ring (bicyclic) bond motifs is 1. The summed E-state index contributed by atoms with van der Waals surface area (Å²) in [5, 5.41) is 3.26. The lowest BCUT2D eigenvalue weighted by atomic mass is 10.1. The fourth-order valence-electron chi connectivity index (χ4n) is 1.32. The van der Waals surface area contributed by atoms with Crippen LogP contribution in [0.2, 0.25) is 0 Å². The van der Waals surface area contributed by atoms with Crippen LogP contribution in [-0.2, 0) is 13.0 Å². The van der Waals surface area contributed by atoms with Gasteiger partial charge in [-0.3, -0.25) is 0 Å². The Labute approximate surface area is 83.1 Å². The lowest BCUT2D eigenvalue weighted by molar-refractivity contribution is 0.376. The number of nitrogens with zero attached hydrogens (tertiary/aromatic N) is 2. The van der Waals surface area contributed by atoms with Crippen molar-refractivity contribution in [1.82, 2.24) is 15.3 Å². The molecule has 0 fully saturated rings. The number of nitrogens with one attached hydrogen (secondary N) is 1. The van der Waals surface area contributed by atoms with E-state index in [2.05, 4.69) is 15.3 Å². The Balaban J connectivity index is 0.000000845. The molecule has 2 rings (SSSR count). The Kier molecular flexibility index (Phi) is 3.45. The quantitative estimate of drug-likeness (QED) is 0.721. The zero-order valence-electron chi connectivity index (χ0n) is 7.41. The molecule has 1 aliphatic rings. The third-order valence-corrected chi connectivity index (χ3v) is 1.97. The van der Waals surface area contributed by atoms with Crippen molar-refractivity contribution in [3.63, 3.8) is 0 Å². The van der Waals surface area contributed by atoms with Crippen LogP contribution < -0.4 is 10.1 Å². The summed E-state index contributed by atoms with van der Waals surface area (Å²) in [4.78, 5) is 8.30. The first-order valence-corrected chi connectivity index (χ1v) is 3.99. The van der Waals surface area contributed by atoms with Crippen molar-refractivity contribution in [2.45, 2.75) is 13.0 Å². The molecular formula is C8H12ClN3O. The number of hydrogen-bond acceptors (Lipinski definition) is 4. The van der Waals surface area contributed by atoms with E-state index in [0.717, 1.165) is 25.2 Å². The molecule has 0 radical (unpaired) electrons. The highest BCUT2D eigenvalue weighted by Crippen LogP contribution is 2.12. The van der Waals surface area contributed by atoms with Gasteiger partial charge in [0.2, 0.25) is 0 Å². The average molecular weight is 202 g/mol. The normalized spacial score (nSPS) is 14.2. The first-order chi connectivity index (χ1) is 5.90. The highest BCUT2D eigenvalue weighted by Gasteiger charge is 2.10. The summed E-state index contributed by atoms with van der Waals surface area (Å²) in [5.41, 5.74) is 2.29. The Hall–Kier alpha value is -0.870. The van der Waals surface area contributed by atoms with E-state index in [1.54, 1.807) is 7.11 Å². The monoisotopic (exact) mass is 201 g/mol. The van der Waals surface area contributed by atoms with Gasteiger partial charge in [0.15, 0.2) is 0 Å². The highest BCUT2D eigenvalue weighted by molar-refractivity contribution is 5.85. The smallest absolute Gasteiger partial charge is 0.316 e. The van der Waals surface area contributed by atoms with Crippen LogP contribution in [0.1, 0.15) is 11.3 Å². The molecule has 0 atom stereocenters. The zero-order valence-corrected chi connectivity index (χ0v) is 8.23. The number of aromatic nitrogens is 2. The largest absolute Gasteiger partial charge is 0.467 e. The standard InChI is InChI=1S/C8H11N3O.ClH/c1-12-8-10-5-6-4-9-3-2-7(6)11-8;/h5,9H,2-4H2,1H3;1H. The van der Waals surface area contributed by atoms with Crippen molar-refractivity contribution in [3.05, 3.63) is 17.5 Å². The van der Waals surface area contributed by atoms with Crippen LogP contribution in [0.15, 0.2) is 6.20 Å². The molecule has 1 aliphatic heterocycles. The van der Waals surface area contributed by atoms with E-state index in [1.165, 1.54) is 5.56 Å². The van der Waals surface area contributed by atoms with E-state index in [1.807, 2.05) is 6.20 Å². The molecule has 0 spiro atoms. The fraction of sp³-hybridized carbons (Fsp3) is 0.500. The molecule has 0 aliphatic carbocycles. The van der Waals surface area contributed by atoms with E-state index in [-0.39, 0.29) is 12.4 Å². The van der Waals surface area contributed by atoms with Crippen molar-refractivity contribution >= 4 is 12.4 Å². The molecule has 2 heterocycles. The molecule has 13 heavy (non-hydrogen) atoms. The SMILES string of the molecule is COc1ncc2c(n1)CCNC2.Cl. The Morgan fingerprint density at radius 3 is 3.15 bits per heavy atom. The molecule has 0 unspecified atom stereocenters. The van der Waals surface area contributed by atoms with Gasteiger partial charge < -0.3 is 10.1 Å². The molecule has 1 aromatic heterocycles. The third kappa shape index (κ3) is 2.08. The molecule has 1 aromatic rings. The van der Waals surface area contributed by atoms with E-state index in [9.17, 15) is 0 Å². The summed E-state index contributed by atoms with van der Waals surface area (Å²) in [6.45, 7) is 1.87. The average Bonchev–Trinajstić information content (AvgIpc) is 2.17. The predicted molar refractivity (Wildman–Crippen MR) is 51.2 cm³/mol. The number of halogens is 1. The first-order valence-electron chi connectivity index (χ1n) is 3.99. The van der Waals surface area contributed by atoms with Gasteiger partial charge in [-0.2, -0.15) is 4.98 Å². The Morgan fingerprint density at radius 1 is 1.54 bits per heavy atom. The van der Waals surface area contributed by atoms with Gasteiger partial charge in [0.25, 0.3) is 0 Å². The van der Waals surface area contributed by atoms with Crippen LogP contribution in [0.25, 0.3) is 0 Å². The van der Waals surface area contributed by atoms with Gasteiger partial charge in [-0.25, -0.2) is 4.98 Å². The maximum Gasteiger partial charge on any atom is 0.316 e. The predicted octanol–water partition coefficient (Wildman–Crippen LogP) is 0.553. The van der Waals surface area contributed by atoms with Crippen molar-refractivity contribution < 1.29 is 4.74 Å². The third-order valence-electron chi connectivity index (χ3n) is 1.97. The second-order valence-electron chi connectivity index (χ2n) is 2.76. The van der Waals surface area contributed by atoms with Crippen molar-refractivity contribution in [2.75, 3.05) is 13.7 Å². The minimum atomic E-state index is 0. The van der Waals surface area contributed by atoms with Crippen LogP contribution >= 0.6 is 12.4 Å². The van der Waals surface area contributed by atoms with Gasteiger partial charge in [-0.05, 0) is 0 Å². The number of methoxy groups -OCH3 is 1. The van der Waals surface area contributed by atoms with Crippen molar-refractivity contribution in [3.8, 4) is 6.01 Å². The minimum Gasteiger partial charge on any atom is -0.467 e. The van der Waals surface area contributed by atoms with Crippen molar-refractivity contribution in [2.24, 2.45) is 0 Å². The molecule has 0 bridgehead atoms. The maximum absolute atomic E-state index is 4.94. The molecule has 0 saturated heterocycles.